The summed E-state index contributed by atoms with van der Waals surface area (Å²) < 4.78 is 48.6. The number of aromatic nitrogens is 2. The molecule has 2 aliphatic rings. The molecule has 0 aliphatic carbocycles. The van der Waals surface area contributed by atoms with Crippen molar-refractivity contribution in [3.05, 3.63) is 33.1 Å². The van der Waals surface area contributed by atoms with Gasteiger partial charge in [0.05, 0.1) is 6.61 Å². The molecule has 2 fully saturated rings. The number of carbonyl (C=O) groups excluding carboxylic acids is 1. The first kappa shape index (κ1) is 31.7. The molecule has 22 heteroatoms. The molecule has 0 saturated carbocycles. The Morgan fingerprint density at radius 3 is 2.38 bits per heavy atom. The number of ether oxygens (including phenoxy) is 2. The molecule has 20 nitrogen and oxygen atoms in total. The topological polar surface area (TPSA) is 306 Å². The molecule has 2 unspecified atom stereocenters. The first-order valence-electron chi connectivity index (χ1n) is 11.0. The van der Waals surface area contributed by atoms with Crippen LogP contribution in [0.4, 0.5) is 0 Å². The largest absolute Gasteiger partial charge is 0.483 e. The van der Waals surface area contributed by atoms with Crippen LogP contribution in [0.2, 0.25) is 0 Å². The molecule has 9 N–H and O–H groups in total. The Morgan fingerprint density at radius 2 is 1.77 bits per heavy atom. The zero-order valence-corrected chi connectivity index (χ0v) is 21.6. The van der Waals surface area contributed by atoms with Crippen molar-refractivity contribution in [1.29, 1.82) is 0 Å². The Bertz CT molecular complexity index is 1240. The third-order valence-electron chi connectivity index (χ3n) is 5.50. The molecule has 1 amide bonds. The van der Waals surface area contributed by atoms with Gasteiger partial charge in [-0.3, -0.25) is 28.2 Å². The standard InChI is InChI=1S/C17H27N3O17P2/c1-6(21)18-4-7(22)14-11(25)13(27)16(35-14)36-39(31,32)37-38(29,30)33-5-8-10(24)12(26)15(34-8)20-3-2-9(23)19-17(20)28/h2-3,7-8,10-16,22,24-27H,4-5H2,1H3,(H,18,21)(H,29,30)(H,31,32)(H,19,23,28)/t7-,8-,10-,11-,12-,13-,14+,15-,16-/m1/s1. The van der Waals surface area contributed by atoms with Gasteiger partial charge in [-0.25, -0.2) is 13.9 Å². The number of H-pyrrole nitrogens is 1. The molecule has 11 atom stereocenters. The van der Waals surface area contributed by atoms with Crippen molar-refractivity contribution in [2.24, 2.45) is 0 Å². The van der Waals surface area contributed by atoms with Crippen LogP contribution in [0.3, 0.4) is 0 Å². The third-order valence-corrected chi connectivity index (χ3v) is 8.10. The van der Waals surface area contributed by atoms with Crippen molar-refractivity contribution in [2.75, 3.05) is 13.2 Å². The zero-order valence-electron chi connectivity index (χ0n) is 19.8. The Morgan fingerprint density at radius 1 is 1.10 bits per heavy atom. The van der Waals surface area contributed by atoms with Crippen molar-refractivity contribution in [2.45, 2.75) is 62.2 Å². The van der Waals surface area contributed by atoms with Crippen LogP contribution in [-0.2, 0) is 36.8 Å². The van der Waals surface area contributed by atoms with Crippen molar-refractivity contribution < 1.29 is 72.1 Å². The van der Waals surface area contributed by atoms with E-state index in [1.165, 1.54) is 0 Å². The van der Waals surface area contributed by atoms with E-state index in [2.05, 4.69) is 18.7 Å². The fraction of sp³-hybridized carbons (Fsp3) is 0.706. The molecule has 39 heavy (non-hydrogen) atoms. The lowest BCUT2D eigenvalue weighted by Gasteiger charge is -2.22. The Labute approximate surface area is 217 Å². The lowest BCUT2D eigenvalue weighted by molar-refractivity contribution is -0.139. The highest BCUT2D eigenvalue weighted by molar-refractivity contribution is 7.61. The highest BCUT2D eigenvalue weighted by atomic mass is 31.3. The van der Waals surface area contributed by atoms with Gasteiger partial charge in [-0.2, -0.15) is 4.31 Å². The summed E-state index contributed by atoms with van der Waals surface area (Å²) in [6.07, 6.45) is -15.0. The minimum absolute atomic E-state index is 0.426. The van der Waals surface area contributed by atoms with Crippen LogP contribution in [0.5, 0.6) is 0 Å². The maximum Gasteiger partial charge on any atom is 0.483 e. The van der Waals surface area contributed by atoms with E-state index in [4.69, 9.17) is 9.47 Å². The number of rotatable bonds is 11. The summed E-state index contributed by atoms with van der Waals surface area (Å²) in [4.78, 5) is 55.7. The number of aliphatic hydroxyl groups excluding tert-OH is 5. The predicted molar refractivity (Wildman–Crippen MR) is 120 cm³/mol. The molecule has 1 aromatic rings. The number of hydrogen-bond donors (Lipinski definition) is 9. The van der Waals surface area contributed by atoms with E-state index < -0.39 is 101 Å². The first-order chi connectivity index (χ1) is 18.0. The number of aliphatic hydroxyl groups is 5. The van der Waals surface area contributed by atoms with Crippen molar-refractivity contribution in [1.82, 2.24) is 14.9 Å². The molecular weight excluding hydrogens is 580 g/mol. The van der Waals surface area contributed by atoms with Gasteiger partial charge in [-0.15, -0.1) is 0 Å². The second-order valence-corrected chi connectivity index (χ2v) is 11.4. The van der Waals surface area contributed by atoms with Crippen LogP contribution < -0.4 is 16.6 Å². The minimum Gasteiger partial charge on any atom is -0.388 e. The van der Waals surface area contributed by atoms with E-state index in [9.17, 15) is 58.8 Å². The van der Waals surface area contributed by atoms with Gasteiger partial charge in [-0.05, 0) is 0 Å². The number of aromatic amines is 1. The number of nitrogens with zero attached hydrogens (tertiary/aromatic N) is 1. The molecule has 3 heterocycles. The molecule has 0 bridgehead atoms. The van der Waals surface area contributed by atoms with Crippen LogP contribution in [0.25, 0.3) is 0 Å². The number of nitrogens with one attached hydrogen (secondary N) is 2. The van der Waals surface area contributed by atoms with Crippen molar-refractivity contribution in [3.63, 3.8) is 0 Å². The molecule has 0 spiro atoms. The minimum atomic E-state index is -5.59. The smallest absolute Gasteiger partial charge is 0.388 e. The Kier molecular flexibility index (Phi) is 10.0. The lowest BCUT2D eigenvalue weighted by atomic mass is 10.1. The van der Waals surface area contributed by atoms with Gasteiger partial charge in [0.15, 0.2) is 12.5 Å². The average molecular weight is 607 g/mol. The van der Waals surface area contributed by atoms with Crippen LogP contribution in [0.15, 0.2) is 21.9 Å². The van der Waals surface area contributed by atoms with Gasteiger partial charge < -0.3 is 50.1 Å². The van der Waals surface area contributed by atoms with E-state index >= 15 is 0 Å². The summed E-state index contributed by atoms with van der Waals surface area (Å²) in [5.74, 6) is -0.535. The van der Waals surface area contributed by atoms with Gasteiger partial charge in [0.25, 0.3) is 5.56 Å². The van der Waals surface area contributed by atoms with E-state index in [0.717, 1.165) is 23.8 Å². The van der Waals surface area contributed by atoms with E-state index in [1.807, 2.05) is 4.98 Å². The molecule has 2 saturated heterocycles. The van der Waals surface area contributed by atoms with Crippen LogP contribution in [0.1, 0.15) is 13.2 Å². The maximum atomic E-state index is 12.3. The van der Waals surface area contributed by atoms with Gasteiger partial charge in [0.1, 0.15) is 42.7 Å². The number of phosphoric acid groups is 2. The third kappa shape index (κ3) is 7.87. The van der Waals surface area contributed by atoms with E-state index in [-0.39, 0.29) is 0 Å². The summed E-state index contributed by atoms with van der Waals surface area (Å²) in [6, 6.07) is 0.929. The SMILES string of the molecule is CC(=O)NC[C@@H](O)[C@@H]1O[C@H](OP(=O)(O)OP(=O)(O)OC[C@H]2O[C@@H](n3ccc(=O)[nH]c3=O)[C@H](O)[C@@H]2O)[C@H](O)[C@H]1O. The molecule has 222 valence electrons. The van der Waals surface area contributed by atoms with Gasteiger partial charge in [0.2, 0.25) is 5.91 Å². The summed E-state index contributed by atoms with van der Waals surface area (Å²) in [7, 11) is -11.1. The lowest BCUT2D eigenvalue weighted by Crippen LogP contribution is -2.44. The quantitative estimate of drug-likeness (QED) is 0.107. The highest BCUT2D eigenvalue weighted by Crippen LogP contribution is 2.61. The first-order valence-corrected chi connectivity index (χ1v) is 14.0. The second-order valence-electron chi connectivity index (χ2n) is 8.44. The summed E-state index contributed by atoms with van der Waals surface area (Å²) in [5, 5.41) is 52.6. The Hall–Kier alpha value is -1.87. The number of hydrogen-bond acceptors (Lipinski definition) is 15. The number of carbonyl (C=O) groups is 1. The van der Waals surface area contributed by atoms with Gasteiger partial charge in [-0.1, -0.05) is 0 Å². The molecule has 2 aliphatic heterocycles. The summed E-state index contributed by atoms with van der Waals surface area (Å²) in [5.41, 5.74) is -1.75. The second kappa shape index (κ2) is 12.3. The monoisotopic (exact) mass is 607 g/mol. The van der Waals surface area contributed by atoms with E-state index in [0.29, 0.717) is 0 Å². The highest BCUT2D eigenvalue weighted by Gasteiger charge is 2.51. The van der Waals surface area contributed by atoms with Crippen molar-refractivity contribution >= 4 is 21.6 Å². The van der Waals surface area contributed by atoms with Crippen LogP contribution in [-0.4, -0.2) is 113 Å². The fourth-order valence-electron chi connectivity index (χ4n) is 3.64. The summed E-state index contributed by atoms with van der Waals surface area (Å²) in [6.45, 7) is -0.314. The molecule has 3 rings (SSSR count). The summed E-state index contributed by atoms with van der Waals surface area (Å²) >= 11 is 0. The zero-order chi connectivity index (χ0) is 29.3. The molecule has 1 aromatic heterocycles. The number of amides is 1. The normalized spacial score (nSPS) is 34.8. The van der Waals surface area contributed by atoms with Crippen LogP contribution >= 0.6 is 15.6 Å². The maximum absolute atomic E-state index is 12.3. The van der Waals surface area contributed by atoms with Crippen LogP contribution in [0, 0.1) is 0 Å². The number of phosphoric ester groups is 2. The van der Waals surface area contributed by atoms with E-state index in [1.54, 1.807) is 0 Å². The average Bonchev–Trinajstić information content (AvgIpc) is 3.25. The Balaban J connectivity index is 1.58. The van der Waals surface area contributed by atoms with Crippen molar-refractivity contribution in [3.8, 4) is 0 Å². The predicted octanol–water partition coefficient (Wildman–Crippen LogP) is -4.65. The molecular formula is C17H27N3O17P2. The fourth-order valence-corrected chi connectivity index (χ4v) is 5.80. The molecule has 0 radical (unpaired) electrons. The van der Waals surface area contributed by atoms with Gasteiger partial charge in [0, 0.05) is 25.7 Å². The van der Waals surface area contributed by atoms with Gasteiger partial charge >= 0.3 is 21.3 Å². The molecule has 0 aromatic carbocycles.